The summed E-state index contributed by atoms with van der Waals surface area (Å²) in [6.07, 6.45) is 35.2. The van der Waals surface area contributed by atoms with E-state index < -0.39 is 0 Å². The Labute approximate surface area is 187 Å². The molecule has 0 aliphatic heterocycles. The second kappa shape index (κ2) is 22.7. The van der Waals surface area contributed by atoms with Crippen molar-refractivity contribution in [3.05, 3.63) is 0 Å². The Balaban J connectivity index is 4.66. The Morgan fingerprint density at radius 2 is 0.483 bits per heavy atom. The third kappa shape index (κ3) is 18.5. The van der Waals surface area contributed by atoms with Gasteiger partial charge in [0.25, 0.3) is 0 Å². The molecule has 0 amide bonds. The minimum atomic E-state index is 0.691. The normalized spacial score (nSPS) is 12.0. The highest BCUT2D eigenvalue weighted by atomic mass is 14.3. The van der Waals surface area contributed by atoms with Crippen molar-refractivity contribution in [1.82, 2.24) is 0 Å². The Hall–Kier alpha value is 0. The molecular weight excluding hydrogens is 348 g/mol. The van der Waals surface area contributed by atoms with Gasteiger partial charge in [0, 0.05) is 0 Å². The molecule has 0 N–H and O–H groups in total. The van der Waals surface area contributed by atoms with E-state index in [-0.39, 0.29) is 0 Å². The molecule has 0 aliphatic rings. The van der Waals surface area contributed by atoms with Crippen molar-refractivity contribution < 1.29 is 0 Å². The molecule has 0 heterocycles. The van der Waals surface area contributed by atoms with Gasteiger partial charge in [-0.1, -0.05) is 156 Å². The van der Waals surface area contributed by atoms with Crippen LogP contribution in [-0.2, 0) is 0 Å². The molecule has 0 fully saturated rings. The molecule has 0 saturated carbocycles. The number of hydrogen-bond donors (Lipinski definition) is 0. The molecule has 0 saturated heterocycles. The van der Waals surface area contributed by atoms with E-state index in [1.54, 1.807) is 0 Å². The fourth-order valence-corrected chi connectivity index (χ4v) is 5.16. The van der Waals surface area contributed by atoms with Gasteiger partial charge in [0.05, 0.1) is 0 Å². The van der Waals surface area contributed by atoms with Crippen LogP contribution in [0.3, 0.4) is 0 Å². The molecular formula is C29H60. The minimum absolute atomic E-state index is 0.691. The summed E-state index contributed by atoms with van der Waals surface area (Å²) in [5, 5.41) is 0. The molecule has 0 aromatic carbocycles. The summed E-state index contributed by atoms with van der Waals surface area (Å²) in [5.74, 6) is 0. The molecule has 29 heavy (non-hydrogen) atoms. The third-order valence-corrected chi connectivity index (χ3v) is 7.24. The smallest absolute Gasteiger partial charge is 0.0297 e. The van der Waals surface area contributed by atoms with E-state index in [4.69, 9.17) is 0 Å². The van der Waals surface area contributed by atoms with Gasteiger partial charge in [-0.3, -0.25) is 0 Å². The fourth-order valence-electron chi connectivity index (χ4n) is 5.16. The van der Waals surface area contributed by atoms with Crippen molar-refractivity contribution in [2.24, 2.45) is 5.41 Å². The fraction of sp³-hybridized carbons (Fsp3) is 1.00. The zero-order valence-electron chi connectivity index (χ0n) is 21.5. The van der Waals surface area contributed by atoms with Crippen molar-refractivity contribution in [1.29, 1.82) is 0 Å². The first kappa shape index (κ1) is 29.0. The summed E-state index contributed by atoms with van der Waals surface area (Å²) < 4.78 is 0. The molecule has 0 radical (unpaired) electrons. The molecule has 0 rings (SSSR count). The SMILES string of the molecule is CCCCCCCCC(CCCCCC)(CCCCCCC)CCCCCCC. The lowest BCUT2D eigenvalue weighted by Gasteiger charge is -2.35. The van der Waals surface area contributed by atoms with Crippen LogP contribution in [-0.4, -0.2) is 0 Å². The molecule has 176 valence electrons. The topological polar surface area (TPSA) is 0 Å². The standard InChI is InChI=1S/C29H60/c1-5-9-13-17-20-24-28-29(25-21-16-12-8-4,26-22-18-14-10-6-2)27-23-19-15-11-7-3/h5-28H2,1-4H3. The Morgan fingerprint density at radius 3 is 0.759 bits per heavy atom. The van der Waals surface area contributed by atoms with Crippen LogP contribution >= 0.6 is 0 Å². The summed E-state index contributed by atoms with van der Waals surface area (Å²) in [4.78, 5) is 0. The van der Waals surface area contributed by atoms with Gasteiger partial charge in [-0.25, -0.2) is 0 Å². The van der Waals surface area contributed by atoms with E-state index in [0.717, 1.165) is 0 Å². The summed E-state index contributed by atoms with van der Waals surface area (Å²) in [7, 11) is 0. The Kier molecular flexibility index (Phi) is 22.7. The van der Waals surface area contributed by atoms with Crippen molar-refractivity contribution in [2.45, 2.75) is 182 Å². The van der Waals surface area contributed by atoms with Crippen LogP contribution in [0.25, 0.3) is 0 Å². The van der Waals surface area contributed by atoms with Gasteiger partial charge >= 0.3 is 0 Å². The van der Waals surface area contributed by atoms with Crippen LogP contribution in [0.1, 0.15) is 182 Å². The van der Waals surface area contributed by atoms with E-state index in [1.807, 2.05) is 0 Å². The van der Waals surface area contributed by atoms with Crippen molar-refractivity contribution >= 4 is 0 Å². The van der Waals surface area contributed by atoms with Crippen LogP contribution in [0.2, 0.25) is 0 Å². The molecule has 0 nitrogen and oxygen atoms in total. The predicted octanol–water partition coefficient (Wildman–Crippen LogP) is 11.4. The monoisotopic (exact) mass is 408 g/mol. The average molecular weight is 409 g/mol. The zero-order chi connectivity index (χ0) is 21.5. The maximum atomic E-state index is 2.35. The molecule has 0 unspecified atom stereocenters. The maximum absolute atomic E-state index is 2.35. The molecule has 0 aromatic heterocycles. The van der Waals surface area contributed by atoms with Crippen LogP contribution in [0.4, 0.5) is 0 Å². The molecule has 0 bridgehead atoms. The van der Waals surface area contributed by atoms with Gasteiger partial charge in [0.2, 0.25) is 0 Å². The third-order valence-electron chi connectivity index (χ3n) is 7.24. The lowest BCUT2D eigenvalue weighted by atomic mass is 9.70. The van der Waals surface area contributed by atoms with Crippen molar-refractivity contribution in [3.8, 4) is 0 Å². The summed E-state index contributed by atoms with van der Waals surface area (Å²) in [5.41, 5.74) is 0.691. The Bertz CT molecular complexity index is 278. The average Bonchev–Trinajstić information content (AvgIpc) is 2.73. The van der Waals surface area contributed by atoms with E-state index in [1.165, 1.54) is 154 Å². The molecule has 0 atom stereocenters. The van der Waals surface area contributed by atoms with Crippen LogP contribution in [0.15, 0.2) is 0 Å². The summed E-state index contributed by atoms with van der Waals surface area (Å²) in [6, 6.07) is 0. The summed E-state index contributed by atoms with van der Waals surface area (Å²) in [6.45, 7) is 9.36. The Morgan fingerprint density at radius 1 is 0.276 bits per heavy atom. The minimum Gasteiger partial charge on any atom is -0.0654 e. The number of rotatable bonds is 24. The van der Waals surface area contributed by atoms with Gasteiger partial charge in [-0.05, 0) is 31.1 Å². The van der Waals surface area contributed by atoms with Crippen LogP contribution in [0.5, 0.6) is 0 Å². The largest absolute Gasteiger partial charge is 0.0654 e. The molecule has 0 heteroatoms. The number of hydrogen-bond acceptors (Lipinski definition) is 0. The van der Waals surface area contributed by atoms with Crippen LogP contribution < -0.4 is 0 Å². The second-order valence-corrected chi connectivity index (χ2v) is 10.2. The van der Waals surface area contributed by atoms with Gasteiger partial charge in [-0.2, -0.15) is 0 Å². The van der Waals surface area contributed by atoms with E-state index in [2.05, 4.69) is 27.7 Å². The van der Waals surface area contributed by atoms with Gasteiger partial charge < -0.3 is 0 Å². The first-order valence-electron chi connectivity index (χ1n) is 14.2. The van der Waals surface area contributed by atoms with E-state index in [0.29, 0.717) is 5.41 Å². The van der Waals surface area contributed by atoms with Gasteiger partial charge in [-0.15, -0.1) is 0 Å². The van der Waals surface area contributed by atoms with E-state index >= 15 is 0 Å². The lowest BCUT2D eigenvalue weighted by Crippen LogP contribution is -2.21. The predicted molar refractivity (Wildman–Crippen MR) is 136 cm³/mol. The molecule has 0 spiro atoms. The second-order valence-electron chi connectivity index (χ2n) is 10.2. The summed E-state index contributed by atoms with van der Waals surface area (Å²) >= 11 is 0. The highest BCUT2D eigenvalue weighted by Gasteiger charge is 2.28. The van der Waals surface area contributed by atoms with E-state index in [9.17, 15) is 0 Å². The highest BCUT2D eigenvalue weighted by molar-refractivity contribution is 4.80. The quantitative estimate of drug-likeness (QED) is 0.139. The molecule has 0 aliphatic carbocycles. The van der Waals surface area contributed by atoms with Crippen LogP contribution in [0, 0.1) is 5.41 Å². The first-order valence-corrected chi connectivity index (χ1v) is 14.2. The first-order chi connectivity index (χ1) is 14.2. The zero-order valence-corrected chi connectivity index (χ0v) is 21.5. The highest BCUT2D eigenvalue weighted by Crippen LogP contribution is 2.42. The van der Waals surface area contributed by atoms with Gasteiger partial charge in [0.1, 0.15) is 0 Å². The van der Waals surface area contributed by atoms with Gasteiger partial charge in [0.15, 0.2) is 0 Å². The van der Waals surface area contributed by atoms with Crippen molar-refractivity contribution in [3.63, 3.8) is 0 Å². The lowest BCUT2D eigenvalue weighted by molar-refractivity contribution is 0.171. The maximum Gasteiger partial charge on any atom is -0.0297 e. The van der Waals surface area contributed by atoms with Crippen molar-refractivity contribution in [2.75, 3.05) is 0 Å². The molecule has 0 aromatic rings. The number of unbranched alkanes of at least 4 members (excludes halogenated alkanes) is 16.